The van der Waals surface area contributed by atoms with Crippen LogP contribution >= 0.6 is 23.2 Å². The predicted molar refractivity (Wildman–Crippen MR) is 354 cm³/mol. The molecule has 8 aliphatic heterocycles. The van der Waals surface area contributed by atoms with Crippen LogP contribution in [0.2, 0.25) is 10.0 Å². The normalized spacial score (nSPS) is 22.7. The van der Waals surface area contributed by atoms with Crippen molar-refractivity contribution in [1.82, 2.24) is 60.3 Å². The smallest absolute Gasteiger partial charge is 0.246 e. The second kappa shape index (κ2) is 29.5. The van der Waals surface area contributed by atoms with Gasteiger partial charge >= 0.3 is 0 Å². The first-order valence-electron chi connectivity index (χ1n) is 32.7. The molecule has 22 heteroatoms. The highest BCUT2D eigenvalue weighted by atomic mass is 35.5. The highest BCUT2D eigenvalue weighted by molar-refractivity contribution is 7.89. The maximum Gasteiger partial charge on any atom is 0.246 e. The average molecular weight is 1300 g/mol. The van der Waals surface area contributed by atoms with E-state index in [1.165, 1.54) is 65.2 Å². The Balaban J connectivity index is 0.000000127. The molecule has 19 nitrogen and oxygen atoms in total. The molecule has 8 heterocycles. The summed E-state index contributed by atoms with van der Waals surface area (Å²) in [5, 5.41) is 26.8. The monoisotopic (exact) mass is 1300 g/mol. The molecule has 9 aliphatic rings. The number of carbonyl (C=O) groups is 4. The number of carbonyl (C=O) groups excluding carboxylic acids is 4. The molecule has 0 atom stereocenters. The molecule has 8 saturated heterocycles. The second-order valence-electron chi connectivity index (χ2n) is 26.1. The molecule has 4 spiro atoms. The molecule has 9 fully saturated rings. The molecule has 0 bridgehead atoms. The minimum Gasteiger partial charge on any atom is -0.505 e. The van der Waals surface area contributed by atoms with Gasteiger partial charge in [-0.3, -0.25) is 39.6 Å². The molecular formula is C69H90Cl2N12O7S. The zero-order valence-corrected chi connectivity index (χ0v) is 54.8. The third-order valence-corrected chi connectivity index (χ3v) is 22.7. The van der Waals surface area contributed by atoms with Gasteiger partial charge in [0, 0.05) is 76.5 Å². The van der Waals surface area contributed by atoms with Crippen molar-refractivity contribution < 1.29 is 32.7 Å². The van der Waals surface area contributed by atoms with E-state index in [1.807, 2.05) is 71.6 Å². The number of hydrogen-bond donors (Lipinski definition) is 6. The third kappa shape index (κ3) is 15.6. The summed E-state index contributed by atoms with van der Waals surface area (Å²) < 4.78 is 27.5. The van der Waals surface area contributed by atoms with E-state index in [1.54, 1.807) is 0 Å². The molecule has 0 unspecified atom stereocenters. The molecule has 14 rings (SSSR count). The van der Waals surface area contributed by atoms with Gasteiger partial charge in [-0.1, -0.05) is 164 Å². The average Bonchev–Trinajstić information content (AvgIpc) is 1.84. The summed E-state index contributed by atoms with van der Waals surface area (Å²) in [6.45, 7) is 11.3. The van der Waals surface area contributed by atoms with Crippen molar-refractivity contribution in [1.29, 1.82) is 0 Å². The predicted octanol–water partition coefficient (Wildman–Crippen LogP) is 7.29. The molecule has 1 aliphatic carbocycles. The van der Waals surface area contributed by atoms with Gasteiger partial charge in [-0.15, -0.1) is 0 Å². The highest BCUT2D eigenvalue weighted by Gasteiger charge is 2.51. The van der Waals surface area contributed by atoms with E-state index in [2.05, 4.69) is 113 Å². The van der Waals surface area contributed by atoms with Crippen LogP contribution in [-0.4, -0.2) is 185 Å². The summed E-state index contributed by atoms with van der Waals surface area (Å²) in [4.78, 5) is 61.8. The van der Waals surface area contributed by atoms with Crippen LogP contribution in [0.4, 0.5) is 0 Å². The van der Waals surface area contributed by atoms with E-state index < -0.39 is 21.4 Å². The third-order valence-electron chi connectivity index (χ3n) is 20.3. The lowest BCUT2D eigenvalue weighted by Gasteiger charge is -2.47. The summed E-state index contributed by atoms with van der Waals surface area (Å²) in [6, 6.07) is 44.1. The van der Waals surface area contributed by atoms with Gasteiger partial charge in [-0.05, 0) is 119 Å². The minimum atomic E-state index is -3.99. The van der Waals surface area contributed by atoms with E-state index >= 15 is 0 Å². The zero-order valence-electron chi connectivity index (χ0n) is 52.5. The van der Waals surface area contributed by atoms with E-state index in [0.717, 1.165) is 102 Å². The number of hydrogen-bond acceptors (Lipinski definition) is 14. The van der Waals surface area contributed by atoms with Crippen molar-refractivity contribution in [3.63, 3.8) is 0 Å². The van der Waals surface area contributed by atoms with Crippen molar-refractivity contribution in [3.05, 3.63) is 166 Å². The van der Waals surface area contributed by atoms with Crippen LogP contribution < -0.4 is 26.6 Å². The van der Waals surface area contributed by atoms with Gasteiger partial charge in [-0.25, -0.2) is 8.42 Å². The summed E-state index contributed by atoms with van der Waals surface area (Å²) in [7, 11) is -1.85. The zero-order chi connectivity index (χ0) is 63.6. The first kappa shape index (κ1) is 66.4. The molecule has 0 radical (unpaired) electrons. The molecule has 1 saturated carbocycles. The van der Waals surface area contributed by atoms with Crippen molar-refractivity contribution in [2.75, 3.05) is 85.6 Å². The van der Waals surface area contributed by atoms with Crippen LogP contribution in [0.5, 0.6) is 5.75 Å². The Bertz CT molecular complexity index is 3380. The quantitative estimate of drug-likeness (QED) is 0.0769. The number of nitrogens with one attached hydrogen (secondary N) is 5. The van der Waals surface area contributed by atoms with Gasteiger partial charge in [0.15, 0.2) is 5.75 Å². The molecule has 488 valence electrons. The fourth-order valence-electron chi connectivity index (χ4n) is 15.1. The fraction of sp³-hybridized carbons (Fsp3) is 0.507. The lowest BCUT2D eigenvalue weighted by atomic mass is 9.89. The van der Waals surface area contributed by atoms with Crippen molar-refractivity contribution in [2.45, 2.75) is 143 Å². The summed E-state index contributed by atoms with van der Waals surface area (Å²) in [5.74, 6) is 0.0638. The molecule has 5 aromatic rings. The van der Waals surface area contributed by atoms with Gasteiger partial charge in [0.2, 0.25) is 33.7 Å². The molecular weight excluding hydrogens is 1210 g/mol. The van der Waals surface area contributed by atoms with Gasteiger partial charge in [0.1, 0.15) is 4.90 Å². The number of amides is 4. The Kier molecular flexibility index (Phi) is 21.6. The van der Waals surface area contributed by atoms with E-state index in [9.17, 15) is 32.7 Å². The maximum atomic E-state index is 13.1. The number of likely N-dealkylation sites (tertiary alicyclic amines) is 2. The summed E-state index contributed by atoms with van der Waals surface area (Å²) in [5.41, 5.74) is 3.86. The van der Waals surface area contributed by atoms with Gasteiger partial charge in [0.25, 0.3) is 0 Å². The van der Waals surface area contributed by atoms with Crippen LogP contribution in [0.15, 0.2) is 138 Å². The lowest BCUT2D eigenvalue weighted by Crippen LogP contribution is -2.59. The molecule has 91 heavy (non-hydrogen) atoms. The van der Waals surface area contributed by atoms with Crippen molar-refractivity contribution in [2.24, 2.45) is 0 Å². The van der Waals surface area contributed by atoms with Crippen molar-refractivity contribution in [3.8, 4) is 5.75 Å². The molecule has 4 amide bonds. The van der Waals surface area contributed by atoms with Crippen LogP contribution in [0.3, 0.4) is 0 Å². The highest BCUT2D eigenvalue weighted by Crippen LogP contribution is 2.40. The van der Waals surface area contributed by atoms with E-state index in [-0.39, 0.29) is 75.2 Å². The minimum absolute atomic E-state index is 0.0681. The molecule has 6 N–H and O–H groups in total. The van der Waals surface area contributed by atoms with E-state index in [4.69, 9.17) is 23.2 Å². The number of phenolic OH excluding ortho intramolecular Hbond substituents is 1. The number of aromatic hydroxyl groups is 1. The number of benzene rings is 5. The van der Waals surface area contributed by atoms with E-state index in [0.29, 0.717) is 45.6 Å². The second-order valence-corrected chi connectivity index (χ2v) is 28.8. The number of sulfonamides is 1. The van der Waals surface area contributed by atoms with Crippen LogP contribution in [0, 0.1) is 0 Å². The Morgan fingerprint density at radius 2 is 0.923 bits per heavy atom. The molecule has 0 aromatic heterocycles. The Hall–Kier alpha value is -6.01. The molecule has 5 aromatic carbocycles. The Morgan fingerprint density at radius 3 is 1.37 bits per heavy atom. The maximum absolute atomic E-state index is 13.1. The first-order valence-corrected chi connectivity index (χ1v) is 34.9. The summed E-state index contributed by atoms with van der Waals surface area (Å²) in [6.07, 6.45) is 13.9. The number of nitrogens with zero attached hydrogens (tertiary/aromatic N) is 7. The lowest BCUT2D eigenvalue weighted by molar-refractivity contribution is -0.133. The van der Waals surface area contributed by atoms with Crippen LogP contribution in [-0.2, 0) is 55.4 Å². The Labute approximate surface area is 547 Å². The fourth-order valence-corrected chi connectivity index (χ4v) is 17.2. The SMILES string of the molecule is CN1CCC2(CC1)NCC(=O)N2Cc1ccccc1.O=C1CN(Cc2ccccc2)C2(CCN(C3CCCCC3)CC2)N1.O=C1CN(Cc2ccccc2)C2(CCN(S(=O)(=O)c3cc(Cl)cc(Cl)c3O)CC2)N1.O=C1CNC2(CCNCC2)N1Cc1ccccc1. The van der Waals surface area contributed by atoms with Gasteiger partial charge in [0.05, 0.1) is 53.9 Å². The van der Waals surface area contributed by atoms with Crippen LogP contribution in [0.1, 0.15) is 106 Å². The van der Waals surface area contributed by atoms with Gasteiger partial charge < -0.3 is 40.7 Å². The van der Waals surface area contributed by atoms with Crippen molar-refractivity contribution >= 4 is 56.9 Å². The first-order chi connectivity index (χ1) is 44.0. The largest absolute Gasteiger partial charge is 0.505 e. The standard InChI is InChI=1S/C20H21Cl2N3O4S.C20H29N3O.C15H21N3O.C14H19N3O/c21-15-10-16(22)19(27)17(11-15)30(28,29)25-8-6-20(7-9-25)23-18(26)13-24(20)12-14-4-2-1-3-5-14;24-19-16-23(15-17-7-3-1-4-8-17)20(21-19)11-13-22(14-12-20)18-9-5-2-6-10-18;1-17-9-7-15(8-10-17)16-11-14(19)18(15)12-13-5-3-2-4-6-13;18-13-10-16-14(6-8-15-9-7-14)17(13)11-12-4-2-1-3-5-12/h1-5,10-11,27H,6-9,12-13H2,(H,23,26);1,3-4,7-8,18H,2,5-6,9-16H2,(H,21,24);2-6,16H,7-12H2,1H3;1-5,15-16H,6-11H2. The van der Waals surface area contributed by atoms with Crippen LogP contribution in [0.25, 0.3) is 0 Å². The summed E-state index contributed by atoms with van der Waals surface area (Å²) >= 11 is 11.8. The number of phenols is 1. The Morgan fingerprint density at radius 1 is 0.516 bits per heavy atom. The number of rotatable bonds is 11. The topological polar surface area (TPSA) is 205 Å². The number of piperidine rings is 4. The number of halogens is 2. The van der Waals surface area contributed by atoms with Gasteiger partial charge in [-0.2, -0.15) is 4.31 Å².